The van der Waals surface area contributed by atoms with Crippen molar-refractivity contribution in [1.82, 2.24) is 29.6 Å². The Hall–Kier alpha value is -2.33. The van der Waals surface area contributed by atoms with E-state index in [1.165, 1.54) is 6.42 Å². The zero-order chi connectivity index (χ0) is 24.7. The SMILES string of the molecule is CCCN(CCC)C(=O)Sc1cccc(-n2nnn(C(=O)N(CC)C3CCCCC3)c2=O)c1Cl. The molecular weight excluding hydrogens is 476 g/mol. The second kappa shape index (κ2) is 12.4. The molecule has 3 rings (SSSR count). The summed E-state index contributed by atoms with van der Waals surface area (Å²) in [6.07, 6.45) is 6.89. The van der Waals surface area contributed by atoms with Crippen LogP contribution in [0.1, 0.15) is 65.7 Å². The maximum Gasteiger partial charge on any atom is 0.377 e. The molecular formula is C23H33ClN6O3S. The maximum absolute atomic E-state index is 13.1. The van der Waals surface area contributed by atoms with Crippen LogP contribution in [0.25, 0.3) is 5.69 Å². The van der Waals surface area contributed by atoms with Gasteiger partial charge < -0.3 is 9.80 Å². The molecule has 0 atom stereocenters. The van der Waals surface area contributed by atoms with E-state index in [-0.39, 0.29) is 22.0 Å². The van der Waals surface area contributed by atoms with Gasteiger partial charge in [-0.05, 0) is 66.9 Å². The number of aromatic nitrogens is 4. The first-order valence-electron chi connectivity index (χ1n) is 12.0. The number of benzene rings is 1. The number of nitrogens with zero attached hydrogens (tertiary/aromatic N) is 6. The number of carbonyl (C=O) groups excluding carboxylic acids is 2. The molecule has 1 aliphatic rings. The molecule has 1 saturated carbocycles. The summed E-state index contributed by atoms with van der Waals surface area (Å²) in [6, 6.07) is 4.68. The van der Waals surface area contributed by atoms with Gasteiger partial charge in [-0.25, -0.2) is 9.59 Å². The number of hydrogen-bond donors (Lipinski definition) is 0. The minimum Gasteiger partial charge on any atom is -0.333 e. The second-order valence-corrected chi connectivity index (χ2v) is 9.76. The highest BCUT2D eigenvalue weighted by Gasteiger charge is 2.28. The lowest BCUT2D eigenvalue weighted by Gasteiger charge is -2.32. The van der Waals surface area contributed by atoms with Crippen LogP contribution in [-0.4, -0.2) is 66.5 Å². The van der Waals surface area contributed by atoms with Crippen LogP contribution in [0.3, 0.4) is 0 Å². The molecule has 1 fully saturated rings. The summed E-state index contributed by atoms with van der Waals surface area (Å²) in [5.41, 5.74) is -0.407. The lowest BCUT2D eigenvalue weighted by Crippen LogP contribution is -2.46. The number of hydrogen-bond acceptors (Lipinski definition) is 6. The number of rotatable bonds is 8. The molecule has 0 spiro atoms. The van der Waals surface area contributed by atoms with Gasteiger partial charge >= 0.3 is 11.7 Å². The smallest absolute Gasteiger partial charge is 0.333 e. The Morgan fingerprint density at radius 3 is 2.38 bits per heavy atom. The molecule has 0 N–H and O–H groups in total. The number of thioether (sulfide) groups is 1. The molecule has 2 aromatic rings. The van der Waals surface area contributed by atoms with E-state index in [0.717, 1.165) is 59.7 Å². The maximum atomic E-state index is 13.1. The highest BCUT2D eigenvalue weighted by Crippen LogP contribution is 2.33. The Morgan fingerprint density at radius 1 is 1.09 bits per heavy atom. The largest absolute Gasteiger partial charge is 0.377 e. The number of halogens is 1. The van der Waals surface area contributed by atoms with Crippen molar-refractivity contribution < 1.29 is 9.59 Å². The van der Waals surface area contributed by atoms with E-state index in [1.54, 1.807) is 28.0 Å². The van der Waals surface area contributed by atoms with Crippen LogP contribution in [-0.2, 0) is 0 Å². The molecule has 9 nitrogen and oxygen atoms in total. The fourth-order valence-electron chi connectivity index (χ4n) is 4.32. The summed E-state index contributed by atoms with van der Waals surface area (Å²) in [6.45, 7) is 7.78. The highest BCUT2D eigenvalue weighted by atomic mass is 35.5. The van der Waals surface area contributed by atoms with Crippen molar-refractivity contribution in [1.29, 1.82) is 0 Å². The average Bonchev–Trinajstić information content (AvgIpc) is 3.22. The molecule has 0 aliphatic heterocycles. The van der Waals surface area contributed by atoms with Crippen LogP contribution < -0.4 is 5.69 Å². The lowest BCUT2D eigenvalue weighted by atomic mass is 9.94. The minimum absolute atomic E-state index is 0.0972. The van der Waals surface area contributed by atoms with Gasteiger partial charge in [0.1, 0.15) is 0 Å². The molecule has 186 valence electrons. The molecule has 1 aliphatic carbocycles. The summed E-state index contributed by atoms with van der Waals surface area (Å²) >= 11 is 7.62. The van der Waals surface area contributed by atoms with Crippen LogP contribution in [0.2, 0.25) is 5.02 Å². The first-order valence-corrected chi connectivity index (χ1v) is 13.2. The molecule has 1 aromatic carbocycles. The van der Waals surface area contributed by atoms with Gasteiger partial charge in [0.25, 0.3) is 5.24 Å². The van der Waals surface area contributed by atoms with Crippen molar-refractivity contribution in [2.45, 2.75) is 76.7 Å². The number of carbonyl (C=O) groups is 2. The van der Waals surface area contributed by atoms with E-state index in [4.69, 9.17) is 11.6 Å². The van der Waals surface area contributed by atoms with Crippen LogP contribution in [0.4, 0.5) is 9.59 Å². The summed E-state index contributed by atoms with van der Waals surface area (Å²) < 4.78 is 1.81. The highest BCUT2D eigenvalue weighted by molar-refractivity contribution is 8.13. The molecule has 0 unspecified atom stereocenters. The molecule has 1 heterocycles. The third-order valence-electron chi connectivity index (χ3n) is 5.98. The first-order chi connectivity index (χ1) is 16.4. The Balaban J connectivity index is 1.85. The molecule has 11 heteroatoms. The fourth-order valence-corrected chi connectivity index (χ4v) is 5.48. The Labute approximate surface area is 209 Å². The van der Waals surface area contributed by atoms with Crippen molar-refractivity contribution in [3.8, 4) is 5.69 Å². The van der Waals surface area contributed by atoms with Crippen LogP contribution in [0.15, 0.2) is 27.9 Å². The summed E-state index contributed by atoms with van der Waals surface area (Å²) in [4.78, 5) is 43.0. The van der Waals surface area contributed by atoms with E-state index >= 15 is 0 Å². The van der Waals surface area contributed by atoms with Gasteiger partial charge in [0.2, 0.25) is 0 Å². The Bertz CT molecular complexity index is 1040. The van der Waals surface area contributed by atoms with Crippen molar-refractivity contribution in [3.63, 3.8) is 0 Å². The fraction of sp³-hybridized carbons (Fsp3) is 0.609. The van der Waals surface area contributed by atoms with Crippen LogP contribution in [0.5, 0.6) is 0 Å². The molecule has 0 bridgehead atoms. The second-order valence-electron chi connectivity index (χ2n) is 8.39. The standard InChI is InChI=1S/C23H33ClN6O3S/c1-4-15-27(16-5-2)23(33)34-19-14-10-13-18(20(19)24)29-22(32)30(26-25-29)21(31)28(6-3)17-11-8-7-9-12-17/h10,13-14,17H,4-9,11-12,15-16H2,1-3H3. The van der Waals surface area contributed by atoms with Crippen molar-refractivity contribution in [2.24, 2.45) is 0 Å². The lowest BCUT2D eigenvalue weighted by molar-refractivity contribution is 0.157. The monoisotopic (exact) mass is 508 g/mol. The molecule has 34 heavy (non-hydrogen) atoms. The first kappa shape index (κ1) is 26.3. The van der Waals surface area contributed by atoms with E-state index in [2.05, 4.69) is 10.4 Å². The van der Waals surface area contributed by atoms with Gasteiger partial charge in [-0.2, -0.15) is 4.68 Å². The topological polar surface area (TPSA) is 93.3 Å². The van der Waals surface area contributed by atoms with Crippen LogP contribution >= 0.6 is 23.4 Å². The average molecular weight is 509 g/mol. The minimum atomic E-state index is -0.687. The third-order valence-corrected chi connectivity index (χ3v) is 7.48. The van der Waals surface area contributed by atoms with Crippen molar-refractivity contribution in [3.05, 3.63) is 33.7 Å². The van der Waals surface area contributed by atoms with Crippen LogP contribution in [0, 0.1) is 0 Å². The quantitative estimate of drug-likeness (QED) is 0.366. The van der Waals surface area contributed by atoms with Gasteiger partial charge in [0, 0.05) is 30.6 Å². The van der Waals surface area contributed by atoms with Gasteiger partial charge in [0.15, 0.2) is 0 Å². The van der Waals surface area contributed by atoms with E-state index < -0.39 is 11.7 Å². The predicted molar refractivity (Wildman–Crippen MR) is 134 cm³/mol. The molecule has 0 saturated heterocycles. The number of tetrazole rings is 1. The Morgan fingerprint density at radius 2 is 1.76 bits per heavy atom. The summed E-state index contributed by atoms with van der Waals surface area (Å²) in [7, 11) is 0. The third kappa shape index (κ3) is 5.83. The van der Waals surface area contributed by atoms with Gasteiger partial charge in [0.05, 0.1) is 10.7 Å². The van der Waals surface area contributed by atoms with Gasteiger partial charge in [-0.1, -0.05) is 50.8 Å². The van der Waals surface area contributed by atoms with E-state index in [9.17, 15) is 14.4 Å². The van der Waals surface area contributed by atoms with Crippen molar-refractivity contribution in [2.75, 3.05) is 19.6 Å². The van der Waals surface area contributed by atoms with Crippen molar-refractivity contribution >= 4 is 34.6 Å². The zero-order valence-corrected chi connectivity index (χ0v) is 21.6. The van der Waals surface area contributed by atoms with Gasteiger partial charge in [-0.3, -0.25) is 4.79 Å². The van der Waals surface area contributed by atoms with E-state index in [0.29, 0.717) is 24.5 Å². The predicted octanol–water partition coefficient (Wildman–Crippen LogP) is 5.04. The Kier molecular flexibility index (Phi) is 9.58. The number of amides is 2. The van der Waals surface area contributed by atoms with E-state index in [1.807, 2.05) is 20.8 Å². The van der Waals surface area contributed by atoms with Gasteiger partial charge in [-0.15, -0.1) is 4.68 Å². The summed E-state index contributed by atoms with van der Waals surface area (Å²) in [5, 5.41) is 7.89. The molecule has 2 amide bonds. The normalized spacial score (nSPS) is 14.2. The molecule has 1 aromatic heterocycles. The summed E-state index contributed by atoms with van der Waals surface area (Å²) in [5.74, 6) is 0. The zero-order valence-electron chi connectivity index (χ0n) is 20.1. The molecule has 0 radical (unpaired) electrons.